The molecule has 142 valence electrons. The lowest BCUT2D eigenvalue weighted by Gasteiger charge is -2.20. The standard InChI is InChI=1S/C20H30N4O2/c1-3-17(15-25-19-9-5-7-11-23-19)21-13-14-22-18(4-2)16-26-20-10-6-8-12-24-20/h5-12,17-18,21-22H,3-4,13-16H2,1-2H3. The van der Waals surface area contributed by atoms with Crippen LogP contribution in [0.25, 0.3) is 0 Å². The van der Waals surface area contributed by atoms with Gasteiger partial charge in [-0.1, -0.05) is 26.0 Å². The van der Waals surface area contributed by atoms with Crippen LogP contribution < -0.4 is 20.1 Å². The van der Waals surface area contributed by atoms with Crippen LogP contribution in [0.4, 0.5) is 0 Å². The summed E-state index contributed by atoms with van der Waals surface area (Å²) in [6.45, 7) is 7.31. The highest BCUT2D eigenvalue weighted by atomic mass is 16.5. The number of nitrogens with zero attached hydrogens (tertiary/aromatic N) is 2. The van der Waals surface area contributed by atoms with Crippen molar-refractivity contribution in [1.29, 1.82) is 0 Å². The number of hydrogen-bond acceptors (Lipinski definition) is 6. The van der Waals surface area contributed by atoms with E-state index < -0.39 is 0 Å². The molecule has 0 aromatic carbocycles. The summed E-state index contributed by atoms with van der Waals surface area (Å²) < 4.78 is 11.4. The Balaban J connectivity index is 1.60. The molecule has 2 aromatic rings. The van der Waals surface area contributed by atoms with Gasteiger partial charge in [0.15, 0.2) is 0 Å². The van der Waals surface area contributed by atoms with Crippen LogP contribution in [0.2, 0.25) is 0 Å². The maximum absolute atomic E-state index is 5.72. The SMILES string of the molecule is CCC(COc1ccccn1)NCCNC(CC)COc1ccccn1. The smallest absolute Gasteiger partial charge is 0.213 e. The molecule has 0 saturated heterocycles. The summed E-state index contributed by atoms with van der Waals surface area (Å²) in [6, 6.07) is 12.0. The number of pyridine rings is 2. The quantitative estimate of drug-likeness (QED) is 0.537. The fourth-order valence-corrected chi connectivity index (χ4v) is 2.43. The van der Waals surface area contributed by atoms with E-state index in [4.69, 9.17) is 9.47 Å². The number of nitrogens with one attached hydrogen (secondary N) is 2. The van der Waals surface area contributed by atoms with Crippen molar-refractivity contribution in [3.63, 3.8) is 0 Å². The second-order valence-electron chi connectivity index (χ2n) is 6.08. The molecule has 2 rings (SSSR count). The molecule has 0 amide bonds. The van der Waals surface area contributed by atoms with E-state index in [-0.39, 0.29) is 0 Å². The Morgan fingerprint density at radius 1 is 0.769 bits per heavy atom. The number of aromatic nitrogens is 2. The summed E-state index contributed by atoms with van der Waals surface area (Å²) in [5, 5.41) is 7.05. The molecule has 0 radical (unpaired) electrons. The molecule has 2 N–H and O–H groups in total. The van der Waals surface area contributed by atoms with Gasteiger partial charge in [-0.05, 0) is 25.0 Å². The Kier molecular flexibility index (Phi) is 9.46. The van der Waals surface area contributed by atoms with Gasteiger partial charge in [-0.15, -0.1) is 0 Å². The molecule has 0 fully saturated rings. The van der Waals surface area contributed by atoms with Gasteiger partial charge in [0.05, 0.1) is 0 Å². The Labute approximate surface area is 156 Å². The molecular formula is C20H30N4O2. The van der Waals surface area contributed by atoms with Crippen LogP contribution in [0.1, 0.15) is 26.7 Å². The first kappa shape index (κ1) is 20.1. The van der Waals surface area contributed by atoms with Gasteiger partial charge in [0.1, 0.15) is 13.2 Å². The molecule has 0 aliphatic carbocycles. The van der Waals surface area contributed by atoms with Crippen molar-refractivity contribution in [3.05, 3.63) is 48.8 Å². The maximum atomic E-state index is 5.72. The summed E-state index contributed by atoms with van der Waals surface area (Å²) in [6.07, 6.45) is 5.50. The minimum atomic E-state index is 0.309. The van der Waals surface area contributed by atoms with Gasteiger partial charge >= 0.3 is 0 Å². The summed E-state index contributed by atoms with van der Waals surface area (Å²) in [7, 11) is 0. The fraction of sp³-hybridized carbons (Fsp3) is 0.500. The fourth-order valence-electron chi connectivity index (χ4n) is 2.43. The first-order valence-corrected chi connectivity index (χ1v) is 9.36. The zero-order valence-corrected chi connectivity index (χ0v) is 15.7. The minimum absolute atomic E-state index is 0.309. The second-order valence-corrected chi connectivity index (χ2v) is 6.08. The second kappa shape index (κ2) is 12.2. The van der Waals surface area contributed by atoms with E-state index in [1.54, 1.807) is 12.4 Å². The largest absolute Gasteiger partial charge is 0.476 e. The summed E-state index contributed by atoms with van der Waals surface area (Å²) in [5.41, 5.74) is 0. The van der Waals surface area contributed by atoms with Gasteiger partial charge in [-0.25, -0.2) is 9.97 Å². The van der Waals surface area contributed by atoms with Gasteiger partial charge in [0.2, 0.25) is 11.8 Å². The third-order valence-corrected chi connectivity index (χ3v) is 4.12. The molecule has 2 atom stereocenters. The lowest BCUT2D eigenvalue weighted by atomic mass is 10.2. The minimum Gasteiger partial charge on any atom is -0.476 e. The molecule has 0 bridgehead atoms. The molecule has 6 heteroatoms. The Morgan fingerprint density at radius 2 is 1.23 bits per heavy atom. The number of ether oxygens (including phenoxy) is 2. The van der Waals surface area contributed by atoms with Crippen molar-refractivity contribution in [2.24, 2.45) is 0 Å². The Morgan fingerprint density at radius 3 is 1.58 bits per heavy atom. The first-order valence-electron chi connectivity index (χ1n) is 9.36. The molecule has 2 unspecified atom stereocenters. The van der Waals surface area contributed by atoms with E-state index in [2.05, 4.69) is 34.4 Å². The van der Waals surface area contributed by atoms with E-state index in [0.717, 1.165) is 25.9 Å². The molecule has 2 aromatic heterocycles. The highest BCUT2D eigenvalue weighted by Crippen LogP contribution is 2.05. The van der Waals surface area contributed by atoms with E-state index in [9.17, 15) is 0 Å². The average molecular weight is 358 g/mol. The molecule has 0 spiro atoms. The molecule has 26 heavy (non-hydrogen) atoms. The zero-order chi connectivity index (χ0) is 18.5. The van der Waals surface area contributed by atoms with E-state index >= 15 is 0 Å². The number of hydrogen-bond donors (Lipinski definition) is 2. The van der Waals surface area contributed by atoms with Gasteiger partial charge in [-0.2, -0.15) is 0 Å². The molecular weight excluding hydrogens is 328 g/mol. The topological polar surface area (TPSA) is 68.3 Å². The Hall–Kier alpha value is -2.18. The van der Waals surface area contributed by atoms with Gasteiger partial charge in [0, 0.05) is 49.7 Å². The van der Waals surface area contributed by atoms with Gasteiger partial charge in [-0.3, -0.25) is 0 Å². The van der Waals surface area contributed by atoms with Crippen LogP contribution in [0.3, 0.4) is 0 Å². The van der Waals surface area contributed by atoms with Crippen molar-refractivity contribution >= 4 is 0 Å². The predicted molar refractivity (Wildman–Crippen MR) is 104 cm³/mol. The van der Waals surface area contributed by atoms with Gasteiger partial charge in [0.25, 0.3) is 0 Å². The van der Waals surface area contributed by atoms with Crippen LogP contribution in [0.5, 0.6) is 11.8 Å². The predicted octanol–water partition coefficient (Wildman–Crippen LogP) is 2.67. The normalized spacial score (nSPS) is 13.2. The Bertz CT molecular complexity index is 529. The van der Waals surface area contributed by atoms with E-state index in [1.165, 1.54) is 0 Å². The van der Waals surface area contributed by atoms with Gasteiger partial charge < -0.3 is 20.1 Å². The molecule has 6 nitrogen and oxygen atoms in total. The highest BCUT2D eigenvalue weighted by molar-refractivity contribution is 5.09. The van der Waals surface area contributed by atoms with E-state index in [1.807, 2.05) is 36.4 Å². The van der Waals surface area contributed by atoms with Crippen LogP contribution in [-0.4, -0.2) is 48.4 Å². The van der Waals surface area contributed by atoms with E-state index in [0.29, 0.717) is 37.1 Å². The monoisotopic (exact) mass is 358 g/mol. The third kappa shape index (κ3) is 7.80. The molecule has 0 aliphatic heterocycles. The van der Waals surface area contributed by atoms with Crippen molar-refractivity contribution in [2.45, 2.75) is 38.8 Å². The summed E-state index contributed by atoms with van der Waals surface area (Å²) >= 11 is 0. The van der Waals surface area contributed by atoms with Crippen molar-refractivity contribution in [3.8, 4) is 11.8 Å². The van der Waals surface area contributed by atoms with Crippen LogP contribution >= 0.6 is 0 Å². The highest BCUT2D eigenvalue weighted by Gasteiger charge is 2.09. The van der Waals surface area contributed by atoms with Crippen molar-refractivity contribution in [2.75, 3.05) is 26.3 Å². The number of rotatable bonds is 13. The third-order valence-electron chi connectivity index (χ3n) is 4.12. The van der Waals surface area contributed by atoms with Crippen LogP contribution in [-0.2, 0) is 0 Å². The molecule has 2 heterocycles. The maximum Gasteiger partial charge on any atom is 0.213 e. The van der Waals surface area contributed by atoms with Crippen molar-refractivity contribution in [1.82, 2.24) is 20.6 Å². The van der Waals surface area contributed by atoms with Crippen LogP contribution in [0, 0.1) is 0 Å². The van der Waals surface area contributed by atoms with Crippen molar-refractivity contribution < 1.29 is 9.47 Å². The summed E-state index contributed by atoms with van der Waals surface area (Å²) in [4.78, 5) is 8.36. The zero-order valence-electron chi connectivity index (χ0n) is 15.7. The molecule has 0 saturated carbocycles. The van der Waals surface area contributed by atoms with Crippen LogP contribution in [0.15, 0.2) is 48.8 Å². The summed E-state index contributed by atoms with van der Waals surface area (Å²) in [5.74, 6) is 1.34. The lowest BCUT2D eigenvalue weighted by molar-refractivity contribution is 0.241. The average Bonchev–Trinajstić information content (AvgIpc) is 2.71. The lowest BCUT2D eigenvalue weighted by Crippen LogP contribution is -2.42. The first-order chi connectivity index (χ1) is 12.8. The molecule has 0 aliphatic rings.